The molecule has 0 saturated carbocycles. The number of rotatable bonds is 10. The molecule has 44 heavy (non-hydrogen) atoms. The average molecular weight is 598 g/mol. The summed E-state index contributed by atoms with van der Waals surface area (Å²) >= 11 is 0. The highest BCUT2D eigenvalue weighted by atomic mass is 16.5. The fourth-order valence-electron chi connectivity index (χ4n) is 6.21. The number of benzene rings is 2. The Labute approximate surface area is 256 Å². The van der Waals surface area contributed by atoms with Gasteiger partial charge in [0, 0.05) is 13.7 Å². The highest BCUT2D eigenvalue weighted by Gasteiger charge is 2.42. The van der Waals surface area contributed by atoms with E-state index in [1.54, 1.807) is 18.0 Å². The van der Waals surface area contributed by atoms with Crippen molar-refractivity contribution < 1.29 is 19.1 Å². The minimum Gasteiger partial charge on any atom is -0.449 e. The van der Waals surface area contributed by atoms with Crippen molar-refractivity contribution in [3.05, 3.63) is 72.6 Å². The molecule has 4 heterocycles. The molecule has 0 spiro atoms. The second-order valence-electron chi connectivity index (χ2n) is 11.4. The number of carbonyl (C=O) groups excluding carboxylic acids is 2. The number of imidazole rings is 2. The van der Waals surface area contributed by atoms with E-state index in [0.717, 1.165) is 65.3 Å². The van der Waals surface area contributed by atoms with Gasteiger partial charge in [0.2, 0.25) is 5.91 Å². The van der Waals surface area contributed by atoms with Gasteiger partial charge in [0.05, 0.1) is 42.0 Å². The van der Waals surface area contributed by atoms with E-state index in [9.17, 15) is 9.59 Å². The number of nitrogens with two attached hydrogens (primary N) is 1. The van der Waals surface area contributed by atoms with Gasteiger partial charge in [-0.2, -0.15) is 0 Å². The minimum absolute atomic E-state index is 0.272. The van der Waals surface area contributed by atoms with Crippen LogP contribution in [0.2, 0.25) is 0 Å². The third-order valence-corrected chi connectivity index (χ3v) is 8.74. The summed E-state index contributed by atoms with van der Waals surface area (Å²) < 4.78 is 10.3. The lowest BCUT2D eigenvalue weighted by Crippen LogP contribution is -2.45. The number of esters is 1. The zero-order chi connectivity index (χ0) is 30.6. The molecule has 2 aliphatic rings. The number of nitrogens with zero attached hydrogens (tertiary/aromatic N) is 3. The molecule has 0 aliphatic carbocycles. The summed E-state index contributed by atoms with van der Waals surface area (Å²) in [6.07, 6.45) is 6.89. The molecule has 2 saturated heterocycles. The molecule has 11 heteroatoms. The van der Waals surface area contributed by atoms with Crippen LogP contribution < -0.4 is 11.1 Å². The summed E-state index contributed by atoms with van der Waals surface area (Å²) in [6.45, 7) is 2.95. The average Bonchev–Trinajstić information content (AvgIpc) is 3.87. The number of hydrogen-bond donors (Lipinski definition) is 4. The molecule has 5 N–H and O–H groups in total. The Balaban J connectivity index is 1.14. The van der Waals surface area contributed by atoms with Gasteiger partial charge < -0.3 is 29.7 Å². The van der Waals surface area contributed by atoms with Gasteiger partial charge in [0.15, 0.2) is 5.92 Å². The zero-order valence-corrected chi connectivity index (χ0v) is 25.1. The first-order valence-corrected chi connectivity index (χ1v) is 15.2. The summed E-state index contributed by atoms with van der Waals surface area (Å²) in [4.78, 5) is 43.9. The number of nitrogens with one attached hydrogen (secondary N) is 3. The van der Waals surface area contributed by atoms with Crippen LogP contribution in [0.1, 0.15) is 56.3 Å². The molecule has 2 aromatic carbocycles. The first kappa shape index (κ1) is 29.7. The molecule has 0 bridgehead atoms. The molecular formula is C33H39N7O4. The Morgan fingerprint density at radius 1 is 0.909 bits per heavy atom. The minimum atomic E-state index is -1.09. The number of hydrogen-bond acceptors (Lipinski definition) is 8. The number of aromatic nitrogens is 4. The van der Waals surface area contributed by atoms with Crippen LogP contribution in [0.5, 0.6) is 0 Å². The number of likely N-dealkylation sites (tertiary alicyclic amines) is 1. The molecule has 0 radical (unpaired) electrons. The van der Waals surface area contributed by atoms with Gasteiger partial charge in [-0.3, -0.25) is 15.3 Å². The van der Waals surface area contributed by atoms with Crippen LogP contribution in [0.25, 0.3) is 33.6 Å². The molecule has 6 rings (SSSR count). The van der Waals surface area contributed by atoms with Crippen molar-refractivity contribution in [2.75, 3.05) is 26.9 Å². The van der Waals surface area contributed by atoms with Gasteiger partial charge in [-0.25, -0.2) is 9.97 Å². The number of methoxy groups -OCH3 is 1. The van der Waals surface area contributed by atoms with Gasteiger partial charge in [-0.05, 0) is 61.4 Å². The summed E-state index contributed by atoms with van der Waals surface area (Å²) in [5.74, 6) is -0.422. The van der Waals surface area contributed by atoms with Gasteiger partial charge in [-0.1, -0.05) is 48.5 Å². The number of aromatic amines is 2. The van der Waals surface area contributed by atoms with E-state index in [2.05, 4.69) is 73.8 Å². The maximum absolute atomic E-state index is 13.5. The Hall–Kier alpha value is -4.32. The van der Waals surface area contributed by atoms with E-state index in [-0.39, 0.29) is 18.7 Å². The van der Waals surface area contributed by atoms with Crippen molar-refractivity contribution in [2.24, 2.45) is 11.7 Å². The monoisotopic (exact) mass is 597 g/mol. The lowest BCUT2D eigenvalue weighted by molar-refractivity contribution is -0.162. The molecule has 4 atom stereocenters. The maximum atomic E-state index is 13.5. The summed E-state index contributed by atoms with van der Waals surface area (Å²) in [5.41, 5.74) is 11.6. The normalized spacial score (nSPS) is 19.7. The number of carbonyl (C=O) groups is 2. The molecule has 4 aromatic rings. The fourth-order valence-corrected chi connectivity index (χ4v) is 6.21. The highest BCUT2D eigenvalue weighted by molar-refractivity contribution is 5.98. The van der Waals surface area contributed by atoms with Crippen LogP contribution >= 0.6 is 0 Å². The topological polar surface area (TPSA) is 151 Å². The molecule has 2 fully saturated rings. The van der Waals surface area contributed by atoms with Crippen LogP contribution in [0, 0.1) is 5.92 Å². The molecule has 2 aromatic heterocycles. The van der Waals surface area contributed by atoms with Gasteiger partial charge >= 0.3 is 5.97 Å². The largest absolute Gasteiger partial charge is 0.449 e. The predicted octanol–water partition coefficient (Wildman–Crippen LogP) is 4.33. The molecule has 11 nitrogen and oxygen atoms in total. The Morgan fingerprint density at radius 2 is 1.50 bits per heavy atom. The van der Waals surface area contributed by atoms with Crippen molar-refractivity contribution in [3.63, 3.8) is 0 Å². The summed E-state index contributed by atoms with van der Waals surface area (Å²) in [5, 5.41) is 3.48. The first-order valence-electron chi connectivity index (χ1n) is 15.2. The van der Waals surface area contributed by atoms with E-state index < -0.39 is 18.0 Å². The SMILES string of the molecule is CO[C@H](C)[C@H](C(=O)OCN)C(=O)N1CCC[C@H]1c1ncc(-c2ccc(-c3ccc(-c4cnc([C@@H]5CCCN5)[nH]4)cc3)cc2)[nH]1. The Morgan fingerprint density at radius 3 is 2.07 bits per heavy atom. The van der Waals surface area contributed by atoms with Gasteiger partial charge in [-0.15, -0.1) is 0 Å². The fraction of sp³-hybridized carbons (Fsp3) is 0.394. The van der Waals surface area contributed by atoms with Crippen LogP contribution in [0.15, 0.2) is 60.9 Å². The molecule has 0 unspecified atom stereocenters. The van der Waals surface area contributed by atoms with Gasteiger partial charge in [0.25, 0.3) is 0 Å². The standard InChI is InChI=1S/C33H39N7O4/c1-20(43-2)29(33(42)44-19-34)32(41)40-16-4-6-28(40)31-37-18-27(39-31)24-13-9-22(10-14-24)21-7-11-23(12-8-21)26-17-36-30(38-26)25-5-3-15-35-25/h7-14,17-18,20,25,28-29,35H,3-6,15-16,19,34H2,1-2H3,(H,36,38)(H,37,39)/t20-,25+,28+,29+/m1/s1. The number of amides is 1. The van der Waals surface area contributed by atoms with Crippen LogP contribution in [0.4, 0.5) is 0 Å². The van der Waals surface area contributed by atoms with Crippen molar-refractivity contribution >= 4 is 11.9 Å². The molecular weight excluding hydrogens is 558 g/mol. The third-order valence-electron chi connectivity index (χ3n) is 8.74. The van der Waals surface area contributed by atoms with Gasteiger partial charge in [0.1, 0.15) is 18.4 Å². The summed E-state index contributed by atoms with van der Waals surface area (Å²) in [7, 11) is 1.46. The first-order chi connectivity index (χ1) is 21.5. The molecule has 230 valence electrons. The van der Waals surface area contributed by atoms with Crippen molar-refractivity contribution in [1.82, 2.24) is 30.2 Å². The van der Waals surface area contributed by atoms with Crippen molar-refractivity contribution in [3.8, 4) is 33.6 Å². The van der Waals surface area contributed by atoms with E-state index in [4.69, 9.17) is 15.2 Å². The van der Waals surface area contributed by atoms with Crippen LogP contribution in [0.3, 0.4) is 0 Å². The van der Waals surface area contributed by atoms with Crippen molar-refractivity contribution in [1.29, 1.82) is 0 Å². The van der Waals surface area contributed by atoms with Crippen LogP contribution in [-0.2, 0) is 19.1 Å². The number of H-pyrrole nitrogens is 2. The Kier molecular flexibility index (Phi) is 8.87. The quantitative estimate of drug-likeness (QED) is 0.120. The van der Waals surface area contributed by atoms with Crippen molar-refractivity contribution in [2.45, 2.75) is 50.8 Å². The third kappa shape index (κ3) is 6.03. The number of ether oxygens (including phenoxy) is 2. The second-order valence-corrected chi connectivity index (χ2v) is 11.4. The smallest absolute Gasteiger partial charge is 0.322 e. The van der Waals surface area contributed by atoms with Crippen LogP contribution in [-0.4, -0.2) is 69.7 Å². The van der Waals surface area contributed by atoms with E-state index in [1.165, 1.54) is 13.5 Å². The Bertz CT molecular complexity index is 1570. The lowest BCUT2D eigenvalue weighted by Gasteiger charge is -2.29. The zero-order valence-electron chi connectivity index (χ0n) is 25.1. The molecule has 1 amide bonds. The lowest BCUT2D eigenvalue weighted by atomic mass is 10.0. The molecule has 2 aliphatic heterocycles. The maximum Gasteiger partial charge on any atom is 0.322 e. The summed E-state index contributed by atoms with van der Waals surface area (Å²) in [6, 6.07) is 16.8. The van der Waals surface area contributed by atoms with E-state index in [0.29, 0.717) is 18.4 Å². The highest BCUT2D eigenvalue weighted by Crippen LogP contribution is 2.34. The van der Waals surface area contributed by atoms with E-state index in [1.807, 2.05) is 6.20 Å². The second kappa shape index (κ2) is 13.1. The van der Waals surface area contributed by atoms with E-state index >= 15 is 0 Å². The predicted molar refractivity (Wildman–Crippen MR) is 166 cm³/mol.